The first-order valence-electron chi connectivity index (χ1n) is 6.62. The summed E-state index contributed by atoms with van der Waals surface area (Å²) in [7, 11) is -2.62. The standard InChI is InChI=1S/C15H13NO7S/c1-23-14-5-3-2-4-10(14)9-24(21,22)13-7-11(15(17)18)6-12(8-13)16(19)20/h2-8H,9H2,1H3,(H,17,18). The van der Waals surface area contributed by atoms with Gasteiger partial charge in [0.1, 0.15) is 5.75 Å². The molecule has 0 aliphatic rings. The molecule has 0 bridgehead atoms. The van der Waals surface area contributed by atoms with Gasteiger partial charge in [0.05, 0.1) is 28.2 Å². The second-order valence-corrected chi connectivity index (χ2v) is 6.84. The number of carbonyl (C=O) groups is 1. The van der Waals surface area contributed by atoms with Crippen molar-refractivity contribution in [2.45, 2.75) is 10.6 Å². The van der Waals surface area contributed by atoms with Gasteiger partial charge in [-0.2, -0.15) is 0 Å². The first-order chi connectivity index (χ1) is 11.2. The van der Waals surface area contributed by atoms with Gasteiger partial charge in [0.2, 0.25) is 0 Å². The van der Waals surface area contributed by atoms with Crippen molar-refractivity contribution in [2.24, 2.45) is 0 Å². The number of sulfone groups is 1. The highest BCUT2D eigenvalue weighted by Gasteiger charge is 2.23. The quantitative estimate of drug-likeness (QED) is 0.625. The number of benzene rings is 2. The average molecular weight is 351 g/mol. The fraction of sp³-hybridized carbons (Fsp3) is 0.133. The lowest BCUT2D eigenvalue weighted by Crippen LogP contribution is -2.09. The summed E-state index contributed by atoms with van der Waals surface area (Å²) < 4.78 is 30.2. The summed E-state index contributed by atoms with van der Waals surface area (Å²) in [4.78, 5) is 20.7. The molecule has 0 saturated carbocycles. The third-order valence-electron chi connectivity index (χ3n) is 3.25. The molecule has 0 unspecified atom stereocenters. The number of carboxylic acid groups (broad SMARTS) is 1. The number of para-hydroxylation sites is 1. The van der Waals surface area contributed by atoms with Gasteiger partial charge >= 0.3 is 5.97 Å². The Morgan fingerprint density at radius 2 is 1.92 bits per heavy atom. The van der Waals surface area contributed by atoms with E-state index in [2.05, 4.69) is 0 Å². The zero-order chi connectivity index (χ0) is 17.9. The van der Waals surface area contributed by atoms with E-state index >= 15 is 0 Å². The zero-order valence-corrected chi connectivity index (χ0v) is 13.3. The molecule has 0 aromatic heterocycles. The third-order valence-corrected chi connectivity index (χ3v) is 4.89. The van der Waals surface area contributed by atoms with Crippen molar-refractivity contribution in [2.75, 3.05) is 7.11 Å². The van der Waals surface area contributed by atoms with Crippen LogP contribution in [0.2, 0.25) is 0 Å². The van der Waals surface area contributed by atoms with Gasteiger partial charge in [-0.3, -0.25) is 10.1 Å². The summed E-state index contributed by atoms with van der Waals surface area (Å²) >= 11 is 0. The molecule has 0 atom stereocenters. The molecule has 24 heavy (non-hydrogen) atoms. The highest BCUT2D eigenvalue weighted by atomic mass is 32.2. The van der Waals surface area contributed by atoms with E-state index in [1.165, 1.54) is 7.11 Å². The van der Waals surface area contributed by atoms with Gasteiger partial charge in [-0.25, -0.2) is 13.2 Å². The van der Waals surface area contributed by atoms with Gasteiger partial charge in [-0.15, -0.1) is 0 Å². The number of hydrogen-bond donors (Lipinski definition) is 1. The van der Waals surface area contributed by atoms with Gasteiger partial charge < -0.3 is 9.84 Å². The maximum Gasteiger partial charge on any atom is 0.335 e. The number of nitrogens with zero attached hydrogens (tertiary/aromatic N) is 1. The molecule has 2 aromatic carbocycles. The van der Waals surface area contributed by atoms with Crippen LogP contribution in [0.3, 0.4) is 0 Å². The minimum absolute atomic E-state index is 0.352. The van der Waals surface area contributed by atoms with Crippen LogP contribution >= 0.6 is 0 Å². The van der Waals surface area contributed by atoms with Crippen LogP contribution in [0.1, 0.15) is 15.9 Å². The van der Waals surface area contributed by atoms with Gasteiger partial charge in [0.15, 0.2) is 9.84 Å². The molecule has 1 N–H and O–H groups in total. The summed E-state index contributed by atoms with van der Waals surface area (Å²) in [6.45, 7) is 0. The maximum atomic E-state index is 12.5. The lowest BCUT2D eigenvalue weighted by molar-refractivity contribution is -0.385. The Kier molecular flexibility index (Phi) is 4.84. The minimum Gasteiger partial charge on any atom is -0.496 e. The smallest absolute Gasteiger partial charge is 0.335 e. The summed E-state index contributed by atoms with van der Waals surface area (Å²) in [6, 6.07) is 8.99. The molecule has 0 fully saturated rings. The molecule has 0 amide bonds. The molecule has 2 aromatic rings. The molecular weight excluding hydrogens is 338 g/mol. The van der Waals surface area contributed by atoms with E-state index in [1.54, 1.807) is 24.3 Å². The van der Waals surface area contributed by atoms with Crippen LogP contribution in [0.25, 0.3) is 0 Å². The molecule has 0 aliphatic carbocycles. The van der Waals surface area contributed by atoms with Crippen molar-refractivity contribution in [3.63, 3.8) is 0 Å². The lowest BCUT2D eigenvalue weighted by atomic mass is 10.2. The molecule has 8 nitrogen and oxygen atoms in total. The predicted octanol–water partition coefficient (Wildman–Crippen LogP) is 2.28. The van der Waals surface area contributed by atoms with E-state index in [9.17, 15) is 23.3 Å². The Morgan fingerprint density at radius 1 is 1.25 bits per heavy atom. The zero-order valence-electron chi connectivity index (χ0n) is 12.5. The SMILES string of the molecule is COc1ccccc1CS(=O)(=O)c1cc(C(=O)O)cc([N+](=O)[O-])c1. The molecule has 0 aliphatic heterocycles. The van der Waals surface area contributed by atoms with Crippen LogP contribution in [0.15, 0.2) is 47.4 Å². The number of rotatable bonds is 6. The van der Waals surface area contributed by atoms with E-state index in [0.29, 0.717) is 11.3 Å². The lowest BCUT2D eigenvalue weighted by Gasteiger charge is -2.09. The Hall–Kier alpha value is -2.94. The van der Waals surface area contributed by atoms with Crippen molar-refractivity contribution in [1.29, 1.82) is 0 Å². The first-order valence-corrected chi connectivity index (χ1v) is 8.27. The van der Waals surface area contributed by atoms with Crippen LogP contribution in [-0.2, 0) is 15.6 Å². The summed E-state index contributed by atoms with van der Waals surface area (Å²) in [5.74, 6) is -1.57. The minimum atomic E-state index is -4.01. The normalized spacial score (nSPS) is 11.0. The molecule has 2 rings (SSSR count). The predicted molar refractivity (Wildman–Crippen MR) is 83.9 cm³/mol. The van der Waals surface area contributed by atoms with Crippen molar-refractivity contribution in [3.8, 4) is 5.75 Å². The number of methoxy groups -OCH3 is 1. The van der Waals surface area contributed by atoms with Crippen molar-refractivity contribution in [3.05, 3.63) is 63.7 Å². The summed E-state index contributed by atoms with van der Waals surface area (Å²) in [6.07, 6.45) is 0. The van der Waals surface area contributed by atoms with E-state index in [0.717, 1.165) is 18.2 Å². The fourth-order valence-corrected chi connectivity index (χ4v) is 3.52. The number of ether oxygens (including phenoxy) is 1. The van der Waals surface area contributed by atoms with Crippen LogP contribution in [-0.4, -0.2) is 31.5 Å². The van der Waals surface area contributed by atoms with E-state index < -0.39 is 42.6 Å². The van der Waals surface area contributed by atoms with Crippen LogP contribution < -0.4 is 4.74 Å². The number of nitro groups is 1. The second kappa shape index (κ2) is 6.67. The number of nitro benzene ring substituents is 1. The molecule has 0 radical (unpaired) electrons. The third kappa shape index (κ3) is 3.69. The first kappa shape index (κ1) is 17.4. The molecule has 0 heterocycles. The number of hydrogen-bond acceptors (Lipinski definition) is 6. The largest absolute Gasteiger partial charge is 0.496 e. The van der Waals surface area contributed by atoms with Crippen LogP contribution in [0, 0.1) is 10.1 Å². The molecule has 9 heteroatoms. The van der Waals surface area contributed by atoms with Crippen molar-refractivity contribution in [1.82, 2.24) is 0 Å². The molecular formula is C15H13NO7S. The van der Waals surface area contributed by atoms with E-state index in [-0.39, 0.29) is 0 Å². The van der Waals surface area contributed by atoms with Crippen LogP contribution in [0.5, 0.6) is 5.75 Å². The summed E-state index contributed by atoms with van der Waals surface area (Å²) in [5.41, 5.74) is -0.709. The van der Waals surface area contributed by atoms with Crippen molar-refractivity contribution < 1.29 is 28.0 Å². The van der Waals surface area contributed by atoms with Crippen molar-refractivity contribution >= 4 is 21.5 Å². The average Bonchev–Trinajstić information content (AvgIpc) is 2.54. The molecule has 126 valence electrons. The highest BCUT2D eigenvalue weighted by molar-refractivity contribution is 7.90. The topological polar surface area (TPSA) is 124 Å². The highest BCUT2D eigenvalue weighted by Crippen LogP contribution is 2.27. The number of non-ortho nitro benzene ring substituents is 1. The monoisotopic (exact) mass is 351 g/mol. The summed E-state index contributed by atoms with van der Waals surface area (Å²) in [5, 5.41) is 19.9. The molecule has 0 saturated heterocycles. The van der Waals surface area contributed by atoms with E-state index in [1.807, 2.05) is 0 Å². The Bertz CT molecular complexity index is 874. The van der Waals surface area contributed by atoms with Gasteiger partial charge in [0, 0.05) is 17.7 Å². The van der Waals surface area contributed by atoms with E-state index in [4.69, 9.17) is 9.84 Å². The Morgan fingerprint density at radius 3 is 2.50 bits per heavy atom. The number of aromatic carboxylic acids is 1. The Labute approximate surface area is 137 Å². The van der Waals surface area contributed by atoms with Crippen LogP contribution in [0.4, 0.5) is 5.69 Å². The van der Waals surface area contributed by atoms with Gasteiger partial charge in [-0.05, 0) is 12.1 Å². The molecule has 0 spiro atoms. The number of carboxylic acids is 1. The fourth-order valence-electron chi connectivity index (χ4n) is 2.10. The Balaban J connectivity index is 2.52. The van der Waals surface area contributed by atoms with Gasteiger partial charge in [-0.1, -0.05) is 18.2 Å². The second-order valence-electron chi connectivity index (χ2n) is 4.85. The maximum absolute atomic E-state index is 12.5. The van der Waals surface area contributed by atoms with Gasteiger partial charge in [0.25, 0.3) is 5.69 Å².